The number of hydrogen-bond acceptors (Lipinski definition) is 4. The summed E-state index contributed by atoms with van der Waals surface area (Å²) in [7, 11) is 0. The Bertz CT molecular complexity index is 737. The molecule has 2 aliphatic rings. The fourth-order valence-corrected chi connectivity index (χ4v) is 3.64. The van der Waals surface area contributed by atoms with Gasteiger partial charge in [-0.05, 0) is 62.9 Å². The predicted octanol–water partition coefficient (Wildman–Crippen LogP) is 3.40. The molecule has 1 amide bonds. The third kappa shape index (κ3) is 3.19. The number of carbonyl (C=O) groups is 1. The van der Waals surface area contributed by atoms with E-state index in [-0.39, 0.29) is 29.6 Å². The minimum absolute atomic E-state index is 0. The molecule has 1 saturated heterocycles. The maximum absolute atomic E-state index is 12.5. The summed E-state index contributed by atoms with van der Waals surface area (Å²) >= 11 is 0. The number of amides is 1. The molecule has 2 heterocycles. The van der Waals surface area contributed by atoms with Crippen molar-refractivity contribution < 1.29 is 9.21 Å². The molecule has 2 N–H and O–H groups in total. The first kappa shape index (κ1) is 17.0. The number of nitrogens with one attached hydrogen (secondary N) is 2. The Morgan fingerprint density at radius 2 is 2.17 bits per heavy atom. The average molecular weight is 348 g/mol. The van der Waals surface area contributed by atoms with Crippen molar-refractivity contribution in [2.75, 3.05) is 18.4 Å². The van der Waals surface area contributed by atoms with Gasteiger partial charge in [-0.2, -0.15) is 0 Å². The van der Waals surface area contributed by atoms with E-state index < -0.39 is 0 Å². The lowest BCUT2D eigenvalue weighted by molar-refractivity contribution is -0.118. The van der Waals surface area contributed by atoms with Crippen molar-refractivity contribution in [2.24, 2.45) is 11.3 Å². The molecular weight excluding hydrogens is 326 g/mol. The summed E-state index contributed by atoms with van der Waals surface area (Å²) < 4.78 is 5.43. The van der Waals surface area contributed by atoms with Crippen LogP contribution in [-0.2, 0) is 4.79 Å². The van der Waals surface area contributed by atoms with E-state index in [4.69, 9.17) is 4.42 Å². The second kappa shape index (κ2) is 6.57. The minimum Gasteiger partial charge on any atom is -0.444 e. The number of nitrogens with zero attached hydrogens (tertiary/aromatic N) is 1. The fraction of sp³-hybridized carbons (Fsp3) is 0.444. The number of aromatic nitrogens is 1. The Balaban J connectivity index is 0.00000169. The van der Waals surface area contributed by atoms with Crippen molar-refractivity contribution in [3.63, 3.8) is 0 Å². The van der Waals surface area contributed by atoms with Crippen LogP contribution in [-0.4, -0.2) is 24.0 Å². The molecule has 1 saturated carbocycles. The maximum Gasteiger partial charge on any atom is 0.228 e. The quantitative estimate of drug-likeness (QED) is 0.893. The summed E-state index contributed by atoms with van der Waals surface area (Å²) in [6.45, 7) is 3.95. The summed E-state index contributed by atoms with van der Waals surface area (Å²) in [5.41, 5.74) is 2.79. The van der Waals surface area contributed by atoms with Gasteiger partial charge in [0.05, 0.1) is 5.69 Å². The molecule has 1 spiro atoms. The SMILES string of the molecule is Cc1coc(-c2cccc(NC(=O)C3CC34CCNCC4)c2)n1.Cl. The molecule has 2 aromatic rings. The van der Waals surface area contributed by atoms with Crippen LogP contribution in [0, 0.1) is 18.3 Å². The van der Waals surface area contributed by atoms with Crippen LogP contribution in [0.2, 0.25) is 0 Å². The zero-order valence-electron chi connectivity index (χ0n) is 13.7. The number of rotatable bonds is 3. The van der Waals surface area contributed by atoms with Crippen LogP contribution in [0.4, 0.5) is 5.69 Å². The van der Waals surface area contributed by atoms with E-state index in [0.717, 1.165) is 49.3 Å². The van der Waals surface area contributed by atoms with Crippen LogP contribution in [0.5, 0.6) is 0 Å². The van der Waals surface area contributed by atoms with Crippen molar-refractivity contribution in [3.05, 3.63) is 36.2 Å². The van der Waals surface area contributed by atoms with Crippen molar-refractivity contribution in [1.29, 1.82) is 0 Å². The molecule has 6 heteroatoms. The van der Waals surface area contributed by atoms with Crippen LogP contribution in [0.25, 0.3) is 11.5 Å². The van der Waals surface area contributed by atoms with Gasteiger partial charge in [0, 0.05) is 17.2 Å². The van der Waals surface area contributed by atoms with Gasteiger partial charge in [0.2, 0.25) is 11.8 Å². The van der Waals surface area contributed by atoms with E-state index >= 15 is 0 Å². The number of aryl methyl sites for hydroxylation is 1. The van der Waals surface area contributed by atoms with Crippen molar-refractivity contribution in [1.82, 2.24) is 10.3 Å². The van der Waals surface area contributed by atoms with Gasteiger partial charge in [0.15, 0.2) is 0 Å². The van der Waals surface area contributed by atoms with E-state index in [0.29, 0.717) is 5.89 Å². The number of hydrogen-bond donors (Lipinski definition) is 2. The average Bonchev–Trinajstić information content (AvgIpc) is 3.06. The molecule has 128 valence electrons. The lowest BCUT2D eigenvalue weighted by atomic mass is 9.92. The highest BCUT2D eigenvalue weighted by molar-refractivity contribution is 5.95. The summed E-state index contributed by atoms with van der Waals surface area (Å²) in [6.07, 6.45) is 4.88. The first-order chi connectivity index (χ1) is 11.2. The highest BCUT2D eigenvalue weighted by Crippen LogP contribution is 2.58. The second-order valence-electron chi connectivity index (χ2n) is 6.73. The number of carbonyl (C=O) groups excluding carboxylic acids is 1. The molecular formula is C18H22ClN3O2. The summed E-state index contributed by atoms with van der Waals surface area (Å²) in [4.78, 5) is 16.9. The number of oxazole rings is 1. The van der Waals surface area contributed by atoms with Crippen molar-refractivity contribution >= 4 is 24.0 Å². The van der Waals surface area contributed by atoms with Crippen molar-refractivity contribution in [3.8, 4) is 11.5 Å². The van der Waals surface area contributed by atoms with Gasteiger partial charge in [-0.3, -0.25) is 4.79 Å². The minimum atomic E-state index is 0. The van der Waals surface area contributed by atoms with Crippen molar-refractivity contribution in [2.45, 2.75) is 26.2 Å². The largest absolute Gasteiger partial charge is 0.444 e. The monoisotopic (exact) mass is 347 g/mol. The van der Waals surface area contributed by atoms with Gasteiger partial charge < -0.3 is 15.1 Å². The Kier molecular flexibility index (Phi) is 4.65. The molecule has 4 rings (SSSR count). The molecule has 0 radical (unpaired) electrons. The number of piperidine rings is 1. The van der Waals surface area contributed by atoms with Crippen LogP contribution in [0.1, 0.15) is 25.0 Å². The lowest BCUT2D eigenvalue weighted by Crippen LogP contribution is -2.31. The highest BCUT2D eigenvalue weighted by Gasteiger charge is 2.57. The topological polar surface area (TPSA) is 67.2 Å². The standard InChI is InChI=1S/C18H21N3O2.ClH/c1-12-11-23-17(20-12)13-3-2-4-14(9-13)21-16(22)15-10-18(15)5-7-19-8-6-18;/h2-4,9,11,15,19H,5-8,10H2,1H3,(H,21,22);1H. The highest BCUT2D eigenvalue weighted by atomic mass is 35.5. The molecule has 0 bridgehead atoms. The normalized spacial score (nSPS) is 21.1. The third-order valence-electron chi connectivity index (χ3n) is 5.10. The van der Waals surface area contributed by atoms with E-state index in [1.54, 1.807) is 6.26 Å². The summed E-state index contributed by atoms with van der Waals surface area (Å²) in [5, 5.41) is 6.43. The van der Waals surface area contributed by atoms with Gasteiger partial charge in [-0.15, -0.1) is 12.4 Å². The first-order valence-electron chi connectivity index (χ1n) is 8.20. The number of anilines is 1. The van der Waals surface area contributed by atoms with E-state index in [9.17, 15) is 4.79 Å². The van der Waals surface area contributed by atoms with Crippen LogP contribution in [0.3, 0.4) is 0 Å². The molecule has 1 atom stereocenters. The molecule has 24 heavy (non-hydrogen) atoms. The van der Waals surface area contributed by atoms with Crippen LogP contribution >= 0.6 is 12.4 Å². The van der Waals surface area contributed by atoms with Gasteiger partial charge in [0.25, 0.3) is 0 Å². The fourth-order valence-electron chi connectivity index (χ4n) is 3.64. The first-order valence-corrected chi connectivity index (χ1v) is 8.20. The Morgan fingerprint density at radius 3 is 2.88 bits per heavy atom. The Hall–Kier alpha value is -1.85. The Morgan fingerprint density at radius 1 is 1.38 bits per heavy atom. The molecule has 2 fully saturated rings. The molecule has 1 aromatic carbocycles. The van der Waals surface area contributed by atoms with Gasteiger partial charge in [-0.25, -0.2) is 4.98 Å². The Labute approximate surface area is 147 Å². The molecule has 1 aromatic heterocycles. The molecule has 1 aliphatic carbocycles. The van der Waals surface area contributed by atoms with Gasteiger partial charge >= 0.3 is 0 Å². The van der Waals surface area contributed by atoms with Gasteiger partial charge in [0.1, 0.15) is 6.26 Å². The third-order valence-corrected chi connectivity index (χ3v) is 5.10. The van der Waals surface area contributed by atoms with E-state index in [2.05, 4.69) is 15.6 Å². The zero-order valence-corrected chi connectivity index (χ0v) is 14.5. The lowest BCUT2D eigenvalue weighted by Gasteiger charge is -2.23. The van der Waals surface area contributed by atoms with Crippen LogP contribution < -0.4 is 10.6 Å². The zero-order chi connectivity index (χ0) is 15.9. The molecule has 1 unspecified atom stereocenters. The number of halogens is 1. The van der Waals surface area contributed by atoms with Crippen LogP contribution in [0.15, 0.2) is 34.9 Å². The second-order valence-corrected chi connectivity index (χ2v) is 6.73. The molecule has 1 aliphatic heterocycles. The predicted molar refractivity (Wildman–Crippen MR) is 95.2 cm³/mol. The number of benzene rings is 1. The maximum atomic E-state index is 12.5. The molecule has 5 nitrogen and oxygen atoms in total. The summed E-state index contributed by atoms with van der Waals surface area (Å²) in [5.74, 6) is 0.893. The van der Waals surface area contributed by atoms with Gasteiger partial charge in [-0.1, -0.05) is 6.07 Å². The summed E-state index contributed by atoms with van der Waals surface area (Å²) in [6, 6.07) is 7.68. The van der Waals surface area contributed by atoms with E-state index in [1.807, 2.05) is 31.2 Å². The smallest absolute Gasteiger partial charge is 0.228 e. The van der Waals surface area contributed by atoms with E-state index in [1.165, 1.54) is 0 Å².